The molecule has 2 saturated heterocycles. The molecular formula is C20H37IN4O. The van der Waals surface area contributed by atoms with E-state index in [1.165, 1.54) is 38.6 Å². The second kappa shape index (κ2) is 8.52. The second-order valence-corrected chi connectivity index (χ2v) is 9.03. The summed E-state index contributed by atoms with van der Waals surface area (Å²) < 4.78 is 6.13. The van der Waals surface area contributed by atoms with Crippen molar-refractivity contribution >= 4 is 29.9 Å². The number of aliphatic imine (C=N–C) groups is 1. The molecule has 5 nitrogen and oxygen atoms in total. The summed E-state index contributed by atoms with van der Waals surface area (Å²) in [5.74, 6) is 2.59. The van der Waals surface area contributed by atoms with Crippen molar-refractivity contribution in [3.8, 4) is 0 Å². The highest BCUT2D eigenvalue weighted by Crippen LogP contribution is 2.60. The third-order valence-corrected chi connectivity index (χ3v) is 7.08. The van der Waals surface area contributed by atoms with Crippen molar-refractivity contribution in [3.63, 3.8) is 0 Å². The number of hydrogen-bond acceptors (Lipinski definition) is 3. The SMILES string of the molecule is CN=C(NC1C2CCOC2C12CCCC2)N1CCN(CC(C)C)CC1.I. The van der Waals surface area contributed by atoms with Crippen molar-refractivity contribution in [1.29, 1.82) is 0 Å². The van der Waals surface area contributed by atoms with Crippen molar-refractivity contribution in [2.24, 2.45) is 22.2 Å². The van der Waals surface area contributed by atoms with Crippen LogP contribution in [0.1, 0.15) is 46.0 Å². The number of piperazine rings is 1. The molecule has 6 heteroatoms. The van der Waals surface area contributed by atoms with Crippen LogP contribution in [0.25, 0.3) is 0 Å². The molecular weight excluding hydrogens is 439 g/mol. The maximum absolute atomic E-state index is 6.13. The molecule has 26 heavy (non-hydrogen) atoms. The van der Waals surface area contributed by atoms with Gasteiger partial charge in [-0.25, -0.2) is 0 Å². The molecule has 0 aromatic heterocycles. The summed E-state index contributed by atoms with van der Waals surface area (Å²) in [6.45, 7) is 11.3. The zero-order chi connectivity index (χ0) is 17.4. The molecule has 3 unspecified atom stereocenters. The van der Waals surface area contributed by atoms with Gasteiger partial charge < -0.3 is 15.0 Å². The lowest BCUT2D eigenvalue weighted by molar-refractivity contribution is -0.125. The Hall–Kier alpha value is -0.0800. The van der Waals surface area contributed by atoms with Gasteiger partial charge in [-0.05, 0) is 25.2 Å². The van der Waals surface area contributed by atoms with Crippen molar-refractivity contribution in [2.45, 2.75) is 58.1 Å². The summed E-state index contributed by atoms with van der Waals surface area (Å²) >= 11 is 0. The largest absolute Gasteiger partial charge is 0.377 e. The van der Waals surface area contributed by atoms with Crippen LogP contribution in [0, 0.1) is 17.3 Å². The fourth-order valence-corrected chi connectivity index (χ4v) is 6.00. The van der Waals surface area contributed by atoms with Crippen LogP contribution in [0.15, 0.2) is 4.99 Å². The molecule has 2 aliphatic heterocycles. The van der Waals surface area contributed by atoms with Gasteiger partial charge in [-0.3, -0.25) is 9.89 Å². The highest BCUT2D eigenvalue weighted by Gasteiger charge is 2.65. The summed E-state index contributed by atoms with van der Waals surface area (Å²) in [6.07, 6.45) is 7.17. The van der Waals surface area contributed by atoms with Gasteiger partial charge in [-0.2, -0.15) is 0 Å². The quantitative estimate of drug-likeness (QED) is 0.387. The van der Waals surface area contributed by atoms with Crippen LogP contribution in [0.3, 0.4) is 0 Å². The summed E-state index contributed by atoms with van der Waals surface area (Å²) in [7, 11) is 1.95. The van der Waals surface area contributed by atoms with Crippen LogP contribution in [-0.2, 0) is 4.74 Å². The smallest absolute Gasteiger partial charge is 0.193 e. The van der Waals surface area contributed by atoms with E-state index in [4.69, 9.17) is 4.74 Å². The number of nitrogens with one attached hydrogen (secondary N) is 1. The van der Waals surface area contributed by atoms with Crippen molar-refractivity contribution in [3.05, 3.63) is 0 Å². The Balaban J connectivity index is 0.00000196. The van der Waals surface area contributed by atoms with Crippen LogP contribution >= 0.6 is 24.0 Å². The van der Waals surface area contributed by atoms with Crippen molar-refractivity contribution in [1.82, 2.24) is 15.1 Å². The number of fused-ring (bicyclic) bond motifs is 2. The number of ether oxygens (including phenoxy) is 1. The molecule has 0 amide bonds. The lowest BCUT2D eigenvalue weighted by Crippen LogP contribution is -2.70. The summed E-state index contributed by atoms with van der Waals surface area (Å²) in [6, 6.07) is 0.579. The maximum Gasteiger partial charge on any atom is 0.193 e. The highest BCUT2D eigenvalue weighted by molar-refractivity contribution is 14.0. The first-order chi connectivity index (χ1) is 12.1. The number of hydrogen-bond donors (Lipinski definition) is 1. The Bertz CT molecular complexity index is 498. The number of nitrogens with zero attached hydrogens (tertiary/aromatic N) is 3. The summed E-state index contributed by atoms with van der Waals surface area (Å²) in [5.41, 5.74) is 0.399. The van der Waals surface area contributed by atoms with E-state index >= 15 is 0 Å². The number of guanidine groups is 1. The minimum atomic E-state index is 0. The molecule has 1 spiro atoms. The lowest BCUT2D eigenvalue weighted by atomic mass is 9.54. The Morgan fingerprint density at radius 1 is 1.19 bits per heavy atom. The van der Waals surface area contributed by atoms with Crippen molar-refractivity contribution < 1.29 is 4.74 Å². The van der Waals surface area contributed by atoms with Gasteiger partial charge in [0.05, 0.1) is 6.10 Å². The van der Waals surface area contributed by atoms with E-state index in [-0.39, 0.29) is 24.0 Å². The summed E-state index contributed by atoms with van der Waals surface area (Å²) in [5, 5.41) is 3.91. The van der Waals surface area contributed by atoms with Gasteiger partial charge in [0.25, 0.3) is 0 Å². The van der Waals surface area contributed by atoms with Crippen LogP contribution in [0.5, 0.6) is 0 Å². The van der Waals surface area contributed by atoms with E-state index in [0.29, 0.717) is 23.5 Å². The van der Waals surface area contributed by atoms with Gasteiger partial charge >= 0.3 is 0 Å². The van der Waals surface area contributed by atoms with E-state index in [1.807, 2.05) is 7.05 Å². The monoisotopic (exact) mass is 476 g/mol. The predicted octanol–water partition coefficient (Wildman–Crippen LogP) is 2.80. The molecule has 0 aromatic carbocycles. The topological polar surface area (TPSA) is 40.1 Å². The fraction of sp³-hybridized carbons (Fsp3) is 0.950. The third-order valence-electron chi connectivity index (χ3n) is 7.08. The Morgan fingerprint density at radius 2 is 1.88 bits per heavy atom. The Kier molecular flexibility index (Phi) is 6.76. The van der Waals surface area contributed by atoms with Gasteiger partial charge in [0.2, 0.25) is 0 Å². The van der Waals surface area contributed by atoms with Gasteiger partial charge in [0.15, 0.2) is 5.96 Å². The van der Waals surface area contributed by atoms with Crippen LogP contribution in [-0.4, -0.2) is 74.3 Å². The lowest BCUT2D eigenvalue weighted by Gasteiger charge is -2.57. The van der Waals surface area contributed by atoms with E-state index in [1.54, 1.807) is 0 Å². The normalized spacial score (nSPS) is 33.9. The highest BCUT2D eigenvalue weighted by atomic mass is 127. The molecule has 2 saturated carbocycles. The number of rotatable bonds is 3. The fourth-order valence-electron chi connectivity index (χ4n) is 6.00. The first-order valence-corrected chi connectivity index (χ1v) is 10.5. The Morgan fingerprint density at radius 3 is 2.50 bits per heavy atom. The molecule has 2 heterocycles. The molecule has 0 bridgehead atoms. The van der Waals surface area contributed by atoms with Gasteiger partial charge in [-0.1, -0.05) is 26.7 Å². The van der Waals surface area contributed by atoms with E-state index in [9.17, 15) is 0 Å². The molecule has 1 N–H and O–H groups in total. The average Bonchev–Trinajstić information content (AvgIpc) is 3.24. The first kappa shape index (κ1) is 20.6. The number of halogens is 1. The minimum absolute atomic E-state index is 0. The average molecular weight is 476 g/mol. The zero-order valence-electron chi connectivity index (χ0n) is 16.7. The van der Waals surface area contributed by atoms with Crippen LogP contribution < -0.4 is 5.32 Å². The second-order valence-electron chi connectivity index (χ2n) is 9.03. The molecule has 0 radical (unpaired) electrons. The zero-order valence-corrected chi connectivity index (χ0v) is 19.1. The third kappa shape index (κ3) is 3.62. The Labute approximate surface area is 176 Å². The van der Waals surface area contributed by atoms with E-state index < -0.39 is 0 Å². The van der Waals surface area contributed by atoms with Gasteiger partial charge in [-0.15, -0.1) is 24.0 Å². The van der Waals surface area contributed by atoms with E-state index in [0.717, 1.165) is 44.7 Å². The van der Waals surface area contributed by atoms with Crippen molar-refractivity contribution in [2.75, 3.05) is 46.4 Å². The summed E-state index contributed by atoms with van der Waals surface area (Å²) in [4.78, 5) is 9.73. The van der Waals surface area contributed by atoms with Gasteiger partial charge in [0.1, 0.15) is 0 Å². The van der Waals surface area contributed by atoms with Crippen LogP contribution in [0.4, 0.5) is 0 Å². The molecule has 4 fully saturated rings. The molecule has 0 aromatic rings. The van der Waals surface area contributed by atoms with E-state index in [2.05, 4.69) is 34.0 Å². The molecule has 2 aliphatic carbocycles. The van der Waals surface area contributed by atoms with Gasteiger partial charge in [0, 0.05) is 63.8 Å². The maximum atomic E-state index is 6.13. The predicted molar refractivity (Wildman–Crippen MR) is 117 cm³/mol. The first-order valence-electron chi connectivity index (χ1n) is 10.5. The molecule has 3 atom stereocenters. The van der Waals surface area contributed by atoms with Crippen LogP contribution in [0.2, 0.25) is 0 Å². The minimum Gasteiger partial charge on any atom is -0.377 e. The molecule has 4 aliphatic rings. The molecule has 150 valence electrons. The molecule has 4 rings (SSSR count). The standard InChI is InChI=1S/C20H36N4O.HI/c1-15(2)14-23-9-11-24(12-10-23)19(21-3)22-17-16-6-13-25-18(16)20(17)7-4-5-8-20;/h15-18H,4-14H2,1-3H3,(H,21,22);1H.